The van der Waals surface area contributed by atoms with Crippen LogP contribution in [0.25, 0.3) is 0 Å². The normalized spacial score (nSPS) is 11.7. The number of benzene rings is 2. The molecule has 0 bridgehead atoms. The Bertz CT molecular complexity index is 1040. The molecule has 1 heterocycles. The molecule has 0 radical (unpaired) electrons. The van der Waals surface area contributed by atoms with Crippen molar-refractivity contribution in [2.45, 2.75) is 23.9 Å². The van der Waals surface area contributed by atoms with Gasteiger partial charge in [-0.3, -0.25) is 14.9 Å². The van der Waals surface area contributed by atoms with Crippen LogP contribution in [-0.2, 0) is 18.4 Å². The molecule has 0 unspecified atom stereocenters. The highest BCUT2D eigenvalue weighted by Gasteiger charge is 2.19. The molecule has 2 N–H and O–H groups in total. The first kappa shape index (κ1) is 21.6. The van der Waals surface area contributed by atoms with Crippen LogP contribution in [0.3, 0.4) is 0 Å². The lowest BCUT2D eigenvalue weighted by Crippen LogP contribution is -2.22. The number of carbonyl (C=O) groups excluding carboxylic acids is 1. The molecule has 1 amide bonds. The summed E-state index contributed by atoms with van der Waals surface area (Å²) in [5, 5.41) is 25.9. The maximum atomic E-state index is 12.4. The Kier molecular flexibility index (Phi) is 6.91. The number of thioether (sulfide) groups is 1. The molecule has 0 fully saturated rings. The molecule has 1 aromatic heterocycles. The molecule has 0 saturated heterocycles. The van der Waals surface area contributed by atoms with Gasteiger partial charge in [0.05, 0.1) is 16.7 Å². The molecular formula is C19H19ClN6O3S. The number of halogens is 1. The molecule has 0 aliphatic carbocycles. The molecule has 1 atom stereocenters. The predicted molar refractivity (Wildman–Crippen MR) is 117 cm³/mol. The van der Waals surface area contributed by atoms with Crippen molar-refractivity contribution in [1.29, 1.82) is 0 Å². The number of carbonyl (C=O) groups is 1. The summed E-state index contributed by atoms with van der Waals surface area (Å²) >= 11 is 7.16. The van der Waals surface area contributed by atoms with Crippen LogP contribution in [-0.4, -0.2) is 30.8 Å². The Morgan fingerprint density at radius 2 is 1.80 bits per heavy atom. The van der Waals surface area contributed by atoms with Gasteiger partial charge in [0.2, 0.25) is 5.91 Å². The first-order valence-corrected chi connectivity index (χ1v) is 10.2. The minimum atomic E-state index is -0.489. The zero-order chi connectivity index (χ0) is 21.7. The van der Waals surface area contributed by atoms with E-state index in [4.69, 9.17) is 11.6 Å². The van der Waals surface area contributed by atoms with Crippen molar-refractivity contribution in [3.8, 4) is 0 Å². The number of anilines is 2. The zero-order valence-electron chi connectivity index (χ0n) is 16.2. The van der Waals surface area contributed by atoms with Crippen LogP contribution in [0, 0.1) is 10.1 Å². The third-order valence-electron chi connectivity index (χ3n) is 4.22. The summed E-state index contributed by atoms with van der Waals surface area (Å²) in [6, 6.07) is 13.0. The predicted octanol–water partition coefficient (Wildman–Crippen LogP) is 4.11. The van der Waals surface area contributed by atoms with E-state index in [1.165, 1.54) is 36.0 Å². The van der Waals surface area contributed by atoms with Crippen LogP contribution < -0.4 is 10.6 Å². The highest BCUT2D eigenvalue weighted by Crippen LogP contribution is 2.24. The molecule has 0 aliphatic heterocycles. The van der Waals surface area contributed by atoms with Gasteiger partial charge in [-0.2, -0.15) is 0 Å². The summed E-state index contributed by atoms with van der Waals surface area (Å²) in [7, 11) is 1.84. The highest BCUT2D eigenvalue weighted by molar-refractivity contribution is 8.00. The molecule has 3 rings (SSSR count). The van der Waals surface area contributed by atoms with E-state index in [9.17, 15) is 14.9 Å². The van der Waals surface area contributed by atoms with E-state index in [-0.39, 0.29) is 11.6 Å². The van der Waals surface area contributed by atoms with Crippen molar-refractivity contribution in [1.82, 2.24) is 14.8 Å². The smallest absolute Gasteiger partial charge is 0.269 e. The summed E-state index contributed by atoms with van der Waals surface area (Å²) in [5.41, 5.74) is 1.37. The summed E-state index contributed by atoms with van der Waals surface area (Å²) in [4.78, 5) is 22.7. The van der Waals surface area contributed by atoms with Gasteiger partial charge >= 0.3 is 0 Å². The minimum absolute atomic E-state index is 0.0331. The Morgan fingerprint density at radius 3 is 2.43 bits per heavy atom. The van der Waals surface area contributed by atoms with Crippen LogP contribution in [0.4, 0.5) is 17.1 Å². The van der Waals surface area contributed by atoms with Gasteiger partial charge in [0, 0.05) is 35.6 Å². The lowest BCUT2D eigenvalue weighted by atomic mass is 10.3. The number of rotatable bonds is 8. The average molecular weight is 447 g/mol. The van der Waals surface area contributed by atoms with Crippen LogP contribution in [0.1, 0.15) is 12.7 Å². The van der Waals surface area contributed by atoms with Crippen molar-refractivity contribution < 1.29 is 9.72 Å². The van der Waals surface area contributed by atoms with Gasteiger partial charge in [0.1, 0.15) is 0 Å². The van der Waals surface area contributed by atoms with Crippen molar-refractivity contribution in [3.63, 3.8) is 0 Å². The van der Waals surface area contributed by atoms with Gasteiger partial charge in [0.25, 0.3) is 5.69 Å². The molecule has 9 nitrogen and oxygen atoms in total. The molecule has 30 heavy (non-hydrogen) atoms. The van der Waals surface area contributed by atoms with Gasteiger partial charge in [-0.15, -0.1) is 10.2 Å². The fourth-order valence-corrected chi connectivity index (χ4v) is 3.43. The van der Waals surface area contributed by atoms with Gasteiger partial charge in [-0.25, -0.2) is 0 Å². The molecule has 0 spiro atoms. The molecular weight excluding hydrogens is 428 g/mol. The number of nitrogens with zero attached hydrogens (tertiary/aromatic N) is 4. The fourth-order valence-electron chi connectivity index (χ4n) is 2.47. The number of hydrogen-bond donors (Lipinski definition) is 2. The zero-order valence-corrected chi connectivity index (χ0v) is 17.8. The molecule has 156 valence electrons. The first-order chi connectivity index (χ1) is 14.3. The van der Waals surface area contributed by atoms with Crippen molar-refractivity contribution >= 4 is 46.3 Å². The second kappa shape index (κ2) is 9.59. The van der Waals surface area contributed by atoms with Crippen LogP contribution >= 0.6 is 23.4 Å². The van der Waals surface area contributed by atoms with E-state index in [0.29, 0.717) is 22.4 Å². The van der Waals surface area contributed by atoms with E-state index >= 15 is 0 Å². The fraction of sp³-hybridized carbons (Fsp3) is 0.211. The minimum Gasteiger partial charge on any atom is -0.378 e. The topological polar surface area (TPSA) is 115 Å². The summed E-state index contributed by atoms with van der Waals surface area (Å²) in [6.07, 6.45) is 0. The molecule has 3 aromatic rings. The number of hydrogen-bond acceptors (Lipinski definition) is 7. The van der Waals surface area contributed by atoms with Crippen molar-refractivity contribution in [3.05, 3.63) is 69.5 Å². The average Bonchev–Trinajstić information content (AvgIpc) is 3.07. The van der Waals surface area contributed by atoms with Crippen molar-refractivity contribution in [2.24, 2.45) is 7.05 Å². The van der Waals surface area contributed by atoms with Gasteiger partial charge in [0.15, 0.2) is 11.0 Å². The second-order valence-corrected chi connectivity index (χ2v) is 8.12. The van der Waals surface area contributed by atoms with Crippen LogP contribution in [0.15, 0.2) is 53.7 Å². The number of nitro benzene ring substituents is 1. The molecule has 0 saturated carbocycles. The van der Waals surface area contributed by atoms with Gasteiger partial charge in [-0.05, 0) is 43.3 Å². The summed E-state index contributed by atoms with van der Waals surface area (Å²) < 4.78 is 1.82. The van der Waals surface area contributed by atoms with Gasteiger partial charge in [-0.1, -0.05) is 23.4 Å². The van der Waals surface area contributed by atoms with E-state index in [1.807, 2.05) is 23.7 Å². The third kappa shape index (κ3) is 5.49. The van der Waals surface area contributed by atoms with Crippen LogP contribution in [0.2, 0.25) is 5.02 Å². The number of amides is 1. The second-order valence-electron chi connectivity index (χ2n) is 6.37. The Balaban J connectivity index is 1.56. The third-order valence-corrected chi connectivity index (χ3v) is 5.60. The Morgan fingerprint density at radius 1 is 1.17 bits per heavy atom. The van der Waals surface area contributed by atoms with Gasteiger partial charge < -0.3 is 15.2 Å². The van der Waals surface area contributed by atoms with E-state index < -0.39 is 10.2 Å². The molecule has 0 aliphatic rings. The number of nitro groups is 1. The first-order valence-electron chi connectivity index (χ1n) is 8.93. The maximum Gasteiger partial charge on any atom is 0.269 e. The largest absolute Gasteiger partial charge is 0.378 e. The monoisotopic (exact) mass is 446 g/mol. The number of nitrogens with one attached hydrogen (secondary N) is 2. The Labute approximate surface area is 182 Å². The Hall–Kier alpha value is -3.11. The highest BCUT2D eigenvalue weighted by atomic mass is 35.5. The summed E-state index contributed by atoms with van der Waals surface area (Å²) in [6.45, 7) is 2.22. The van der Waals surface area contributed by atoms with Crippen LogP contribution in [0.5, 0.6) is 0 Å². The van der Waals surface area contributed by atoms with E-state index in [2.05, 4.69) is 20.8 Å². The SMILES string of the molecule is C[C@H](Sc1nnc(CNc2ccc(Cl)cc2)n1C)C(=O)Nc1ccc([N+](=O)[O-])cc1. The standard InChI is InChI=1S/C19H19ClN6O3S/c1-12(18(27)22-15-7-9-16(10-8-15)26(28)29)30-19-24-23-17(25(19)2)11-21-14-5-3-13(20)4-6-14/h3-10,12,21H,11H2,1-2H3,(H,22,27)/t12-/m0/s1. The number of non-ortho nitro benzene ring substituents is 1. The van der Waals surface area contributed by atoms with E-state index in [1.54, 1.807) is 19.1 Å². The lowest BCUT2D eigenvalue weighted by Gasteiger charge is -2.12. The maximum absolute atomic E-state index is 12.4. The lowest BCUT2D eigenvalue weighted by molar-refractivity contribution is -0.384. The number of aromatic nitrogens is 3. The van der Waals surface area contributed by atoms with Crippen molar-refractivity contribution in [2.75, 3.05) is 10.6 Å². The molecule has 11 heteroatoms. The quantitative estimate of drug-likeness (QED) is 0.304. The molecule has 2 aromatic carbocycles. The summed E-state index contributed by atoms with van der Waals surface area (Å²) in [5.74, 6) is 0.480. The van der Waals surface area contributed by atoms with E-state index in [0.717, 1.165) is 11.5 Å².